The largest absolute Gasteiger partial charge is 0.383 e. The van der Waals surface area contributed by atoms with Gasteiger partial charge in [-0.3, -0.25) is 0 Å². The SMILES string of the molecule is COCCNC(=S)Nc1cc(Cl)ccc1Br. The maximum absolute atomic E-state index is 5.88. The fourth-order valence-corrected chi connectivity index (χ4v) is 1.76. The van der Waals surface area contributed by atoms with E-state index in [1.54, 1.807) is 19.2 Å². The van der Waals surface area contributed by atoms with Crippen LogP contribution < -0.4 is 10.6 Å². The molecule has 0 heterocycles. The number of methoxy groups -OCH3 is 1. The molecular weight excluding hydrogens is 312 g/mol. The first-order chi connectivity index (χ1) is 7.63. The summed E-state index contributed by atoms with van der Waals surface area (Å²) in [7, 11) is 1.64. The third-order valence-electron chi connectivity index (χ3n) is 1.77. The van der Waals surface area contributed by atoms with E-state index in [2.05, 4.69) is 26.6 Å². The summed E-state index contributed by atoms with van der Waals surface area (Å²) >= 11 is 14.4. The molecule has 6 heteroatoms. The topological polar surface area (TPSA) is 33.3 Å². The predicted molar refractivity (Wildman–Crippen MR) is 75.3 cm³/mol. The van der Waals surface area contributed by atoms with E-state index in [1.165, 1.54) is 0 Å². The number of halogens is 2. The molecule has 3 nitrogen and oxygen atoms in total. The highest BCUT2D eigenvalue weighted by Gasteiger charge is 2.02. The standard InChI is InChI=1S/C10H12BrClN2OS/c1-15-5-4-13-10(16)14-9-6-7(12)2-3-8(9)11/h2-3,6H,4-5H2,1H3,(H2,13,14,16). The molecule has 88 valence electrons. The second-order valence-corrected chi connectivity index (χ2v) is 4.70. The molecule has 1 rings (SSSR count). The van der Waals surface area contributed by atoms with E-state index in [9.17, 15) is 0 Å². The van der Waals surface area contributed by atoms with Gasteiger partial charge in [0.05, 0.1) is 12.3 Å². The number of benzene rings is 1. The van der Waals surface area contributed by atoms with Crippen molar-refractivity contribution < 1.29 is 4.74 Å². The Kier molecular flexibility index (Phi) is 6.05. The molecule has 0 atom stereocenters. The summed E-state index contributed by atoms with van der Waals surface area (Å²) in [5.74, 6) is 0. The van der Waals surface area contributed by atoms with Crippen LogP contribution in [0.5, 0.6) is 0 Å². The second-order valence-electron chi connectivity index (χ2n) is 3.00. The van der Waals surface area contributed by atoms with Gasteiger partial charge in [0.15, 0.2) is 5.11 Å². The van der Waals surface area contributed by atoms with Crippen LogP contribution >= 0.6 is 39.7 Å². The average molecular weight is 324 g/mol. The molecule has 0 saturated heterocycles. The van der Waals surface area contributed by atoms with Crippen molar-refractivity contribution in [2.24, 2.45) is 0 Å². The van der Waals surface area contributed by atoms with Gasteiger partial charge in [0.25, 0.3) is 0 Å². The van der Waals surface area contributed by atoms with Crippen molar-refractivity contribution in [3.05, 3.63) is 27.7 Å². The highest BCUT2D eigenvalue weighted by Crippen LogP contribution is 2.25. The molecule has 0 amide bonds. The van der Waals surface area contributed by atoms with Gasteiger partial charge in [-0.15, -0.1) is 0 Å². The summed E-state index contributed by atoms with van der Waals surface area (Å²) in [6.45, 7) is 1.28. The Morgan fingerprint density at radius 2 is 2.31 bits per heavy atom. The van der Waals surface area contributed by atoms with E-state index in [1.807, 2.05) is 6.07 Å². The molecule has 0 spiro atoms. The summed E-state index contributed by atoms with van der Waals surface area (Å²) in [5.41, 5.74) is 0.836. The summed E-state index contributed by atoms with van der Waals surface area (Å²) in [5, 5.41) is 7.25. The highest BCUT2D eigenvalue weighted by atomic mass is 79.9. The fraction of sp³-hybridized carbons (Fsp3) is 0.300. The van der Waals surface area contributed by atoms with Gasteiger partial charge in [0.1, 0.15) is 0 Å². The first-order valence-corrected chi connectivity index (χ1v) is 6.20. The van der Waals surface area contributed by atoms with Crippen molar-refractivity contribution in [1.82, 2.24) is 5.32 Å². The number of anilines is 1. The molecule has 0 bridgehead atoms. The highest BCUT2D eigenvalue weighted by molar-refractivity contribution is 9.10. The van der Waals surface area contributed by atoms with E-state index in [0.29, 0.717) is 23.3 Å². The van der Waals surface area contributed by atoms with Crippen LogP contribution in [-0.2, 0) is 4.74 Å². The van der Waals surface area contributed by atoms with Crippen LogP contribution in [0.2, 0.25) is 5.02 Å². The van der Waals surface area contributed by atoms with Gasteiger partial charge in [0, 0.05) is 23.1 Å². The molecule has 0 unspecified atom stereocenters. The molecule has 2 N–H and O–H groups in total. The Hall–Kier alpha value is -0.360. The number of thiocarbonyl (C=S) groups is 1. The van der Waals surface area contributed by atoms with Gasteiger partial charge in [-0.05, 0) is 46.3 Å². The smallest absolute Gasteiger partial charge is 0.170 e. The average Bonchev–Trinajstić information content (AvgIpc) is 2.24. The number of hydrogen-bond donors (Lipinski definition) is 2. The lowest BCUT2D eigenvalue weighted by molar-refractivity contribution is 0.204. The van der Waals surface area contributed by atoms with E-state index >= 15 is 0 Å². The molecule has 0 aromatic heterocycles. The van der Waals surface area contributed by atoms with Gasteiger partial charge in [-0.2, -0.15) is 0 Å². The normalized spacial score (nSPS) is 9.94. The van der Waals surface area contributed by atoms with Crippen LogP contribution in [-0.4, -0.2) is 25.4 Å². The van der Waals surface area contributed by atoms with E-state index in [-0.39, 0.29) is 0 Å². The van der Waals surface area contributed by atoms with Crippen molar-refractivity contribution in [3.63, 3.8) is 0 Å². The minimum atomic E-state index is 0.542. The van der Waals surface area contributed by atoms with Crippen LogP contribution in [0, 0.1) is 0 Å². The first kappa shape index (κ1) is 13.7. The maximum atomic E-state index is 5.88. The monoisotopic (exact) mass is 322 g/mol. The van der Waals surface area contributed by atoms with Crippen molar-refractivity contribution >= 4 is 50.5 Å². The first-order valence-electron chi connectivity index (χ1n) is 4.62. The molecule has 0 fully saturated rings. The molecule has 1 aromatic rings. The third-order valence-corrected chi connectivity index (χ3v) is 2.94. The zero-order valence-electron chi connectivity index (χ0n) is 8.72. The van der Waals surface area contributed by atoms with Crippen molar-refractivity contribution in [3.8, 4) is 0 Å². The van der Waals surface area contributed by atoms with Gasteiger partial charge in [-0.1, -0.05) is 11.6 Å². The lowest BCUT2D eigenvalue weighted by atomic mass is 10.3. The van der Waals surface area contributed by atoms with Crippen LogP contribution in [0.15, 0.2) is 22.7 Å². The molecule has 1 aromatic carbocycles. The van der Waals surface area contributed by atoms with Gasteiger partial charge >= 0.3 is 0 Å². The molecule has 0 saturated carbocycles. The zero-order chi connectivity index (χ0) is 12.0. The number of hydrogen-bond acceptors (Lipinski definition) is 2. The molecule has 0 radical (unpaired) electrons. The molecule has 0 aliphatic carbocycles. The molecule has 0 aliphatic heterocycles. The summed E-state index contributed by atoms with van der Waals surface area (Å²) in [4.78, 5) is 0. The summed E-state index contributed by atoms with van der Waals surface area (Å²) < 4.78 is 5.81. The Balaban J connectivity index is 2.52. The Morgan fingerprint density at radius 3 is 3.00 bits per heavy atom. The Bertz CT molecular complexity index is 376. The van der Waals surface area contributed by atoms with Gasteiger partial charge in [0.2, 0.25) is 0 Å². The Morgan fingerprint density at radius 1 is 1.56 bits per heavy atom. The van der Waals surface area contributed by atoms with Crippen molar-refractivity contribution in [2.75, 3.05) is 25.6 Å². The van der Waals surface area contributed by atoms with E-state index < -0.39 is 0 Å². The Labute approximate surface area is 114 Å². The lowest BCUT2D eigenvalue weighted by Crippen LogP contribution is -2.31. The van der Waals surface area contributed by atoms with Crippen molar-refractivity contribution in [2.45, 2.75) is 0 Å². The maximum Gasteiger partial charge on any atom is 0.170 e. The van der Waals surface area contributed by atoms with Gasteiger partial charge in [-0.25, -0.2) is 0 Å². The number of rotatable bonds is 4. The third kappa shape index (κ3) is 4.65. The molecular formula is C10H12BrClN2OS. The van der Waals surface area contributed by atoms with E-state index in [4.69, 9.17) is 28.6 Å². The number of nitrogens with one attached hydrogen (secondary N) is 2. The quantitative estimate of drug-likeness (QED) is 0.659. The van der Waals surface area contributed by atoms with Crippen LogP contribution in [0.1, 0.15) is 0 Å². The van der Waals surface area contributed by atoms with E-state index in [0.717, 1.165) is 10.2 Å². The number of ether oxygens (including phenoxy) is 1. The summed E-state index contributed by atoms with van der Waals surface area (Å²) in [6.07, 6.45) is 0. The zero-order valence-corrected chi connectivity index (χ0v) is 11.9. The van der Waals surface area contributed by atoms with Gasteiger partial charge < -0.3 is 15.4 Å². The predicted octanol–water partition coefficient (Wildman–Crippen LogP) is 3.04. The molecule has 0 aliphatic rings. The second kappa shape index (κ2) is 7.06. The minimum absolute atomic E-state index is 0.542. The van der Waals surface area contributed by atoms with Crippen LogP contribution in [0.3, 0.4) is 0 Å². The molecule has 16 heavy (non-hydrogen) atoms. The lowest BCUT2D eigenvalue weighted by Gasteiger charge is -2.11. The minimum Gasteiger partial charge on any atom is -0.383 e. The summed E-state index contributed by atoms with van der Waals surface area (Å²) in [6, 6.07) is 5.47. The van der Waals surface area contributed by atoms with Crippen molar-refractivity contribution in [1.29, 1.82) is 0 Å². The van der Waals surface area contributed by atoms with Crippen LogP contribution in [0.25, 0.3) is 0 Å². The fourth-order valence-electron chi connectivity index (χ4n) is 1.03. The van der Waals surface area contributed by atoms with Crippen LogP contribution in [0.4, 0.5) is 5.69 Å².